The van der Waals surface area contributed by atoms with Crippen LogP contribution in [0, 0.1) is 0 Å². The van der Waals surface area contributed by atoms with Crippen LogP contribution in [0.25, 0.3) is 0 Å². The van der Waals surface area contributed by atoms with Crippen LogP contribution < -0.4 is 9.46 Å². The molecular weight excluding hydrogens is 486 g/mol. The van der Waals surface area contributed by atoms with E-state index in [9.17, 15) is 13.2 Å². The van der Waals surface area contributed by atoms with E-state index in [1.165, 1.54) is 0 Å². The number of hydrogen-bond donors (Lipinski definition) is 1. The third-order valence-electron chi connectivity index (χ3n) is 6.56. The number of nitrogens with zero attached hydrogens (tertiary/aromatic N) is 2. The first-order valence-electron chi connectivity index (χ1n) is 12.3. The molecule has 0 aliphatic heterocycles. The molecular formula is C29H29N3O4S. The molecule has 1 heterocycles. The highest BCUT2D eigenvalue weighted by molar-refractivity contribution is 7.88. The summed E-state index contributed by atoms with van der Waals surface area (Å²) in [6, 6.07) is 22.6. The van der Waals surface area contributed by atoms with Gasteiger partial charge in [-0.05, 0) is 41.7 Å². The molecule has 1 aromatic heterocycles. The molecule has 0 bridgehead atoms. The Morgan fingerprint density at radius 1 is 0.973 bits per heavy atom. The Kier molecular flexibility index (Phi) is 7.48. The number of aromatic nitrogens is 2. The molecule has 5 rings (SSSR count). The summed E-state index contributed by atoms with van der Waals surface area (Å²) < 4.78 is 37.2. The average Bonchev–Trinajstić information content (AvgIpc) is 3.42. The van der Waals surface area contributed by atoms with Crippen LogP contribution in [0.4, 0.5) is 0 Å². The zero-order valence-corrected chi connectivity index (χ0v) is 21.2. The summed E-state index contributed by atoms with van der Waals surface area (Å²) in [5.41, 5.74) is 3.93. The van der Waals surface area contributed by atoms with Gasteiger partial charge in [-0.3, -0.25) is 4.79 Å². The van der Waals surface area contributed by atoms with Crippen LogP contribution in [0.3, 0.4) is 0 Å². The Bertz CT molecular complexity index is 1450. The van der Waals surface area contributed by atoms with Gasteiger partial charge in [-0.2, -0.15) is 0 Å². The first-order chi connectivity index (χ1) is 18.0. The molecule has 0 saturated carbocycles. The lowest BCUT2D eigenvalue weighted by Gasteiger charge is -2.26. The number of sulfonamides is 1. The van der Waals surface area contributed by atoms with E-state index in [1.54, 1.807) is 30.7 Å². The summed E-state index contributed by atoms with van der Waals surface area (Å²) in [6.07, 6.45) is 6.93. The predicted molar refractivity (Wildman–Crippen MR) is 142 cm³/mol. The number of nitrogens with one attached hydrogen (secondary N) is 1. The van der Waals surface area contributed by atoms with Crippen LogP contribution >= 0.6 is 0 Å². The smallest absolute Gasteiger partial charge is 0.216 e. The Morgan fingerprint density at radius 2 is 1.73 bits per heavy atom. The summed E-state index contributed by atoms with van der Waals surface area (Å²) in [4.78, 5) is 16.8. The van der Waals surface area contributed by atoms with Gasteiger partial charge in [0.25, 0.3) is 0 Å². The summed E-state index contributed by atoms with van der Waals surface area (Å²) >= 11 is 0. The Hall–Kier alpha value is -3.75. The van der Waals surface area contributed by atoms with Crippen LogP contribution in [-0.2, 0) is 35.3 Å². The quantitative estimate of drug-likeness (QED) is 0.326. The summed E-state index contributed by atoms with van der Waals surface area (Å²) in [5, 5.41) is 0. The number of rotatable bonds is 10. The minimum Gasteiger partial charge on any atom is -0.484 e. The molecule has 8 heteroatoms. The van der Waals surface area contributed by atoms with Gasteiger partial charge in [-0.25, -0.2) is 18.1 Å². The van der Waals surface area contributed by atoms with E-state index < -0.39 is 10.0 Å². The van der Waals surface area contributed by atoms with E-state index in [0.717, 1.165) is 17.5 Å². The van der Waals surface area contributed by atoms with E-state index >= 15 is 0 Å². The first kappa shape index (κ1) is 24.9. The second-order valence-electron chi connectivity index (χ2n) is 9.19. The molecule has 1 unspecified atom stereocenters. The largest absolute Gasteiger partial charge is 0.484 e. The molecule has 190 valence electrons. The SMILES string of the molecule is O=C1CCCc2c1ccc(OC(Cn1ccnc1)c1ccccc1)c2CNS(=O)(=O)Cc1ccccc1. The van der Waals surface area contributed by atoms with E-state index in [-0.39, 0.29) is 24.2 Å². The lowest BCUT2D eigenvalue weighted by atomic mass is 9.87. The Morgan fingerprint density at radius 3 is 2.46 bits per heavy atom. The fourth-order valence-corrected chi connectivity index (χ4v) is 5.83. The zero-order valence-electron chi connectivity index (χ0n) is 20.4. The van der Waals surface area contributed by atoms with Gasteiger partial charge in [0.1, 0.15) is 11.9 Å². The average molecular weight is 516 g/mol. The normalized spacial score (nSPS) is 14.2. The summed E-state index contributed by atoms with van der Waals surface area (Å²) in [7, 11) is -3.61. The molecule has 1 aliphatic carbocycles. The highest BCUT2D eigenvalue weighted by atomic mass is 32.2. The number of ether oxygens (including phenoxy) is 1. The van der Waals surface area contributed by atoms with Gasteiger partial charge in [0.05, 0.1) is 18.6 Å². The van der Waals surface area contributed by atoms with Crippen LogP contribution in [0.1, 0.15) is 51.6 Å². The Labute approximate surface area is 217 Å². The number of imidazole rings is 1. The molecule has 1 N–H and O–H groups in total. The number of benzene rings is 3. The molecule has 0 fully saturated rings. The fraction of sp³-hybridized carbons (Fsp3) is 0.241. The van der Waals surface area contributed by atoms with Crippen molar-refractivity contribution in [3.8, 4) is 5.75 Å². The number of carbonyl (C=O) groups is 1. The second-order valence-corrected chi connectivity index (χ2v) is 11.0. The van der Waals surface area contributed by atoms with Crippen LogP contribution in [0.2, 0.25) is 0 Å². The standard InChI is InChI=1S/C29H29N3O4S/c33-27-13-7-12-24-25(27)14-15-28(26(24)18-31-37(34,35)20-22-8-3-1-4-9-22)36-29(19-32-17-16-30-21-32)23-10-5-2-6-11-23/h1-6,8-11,14-17,21,29,31H,7,12-13,18-20H2. The van der Waals surface area contributed by atoms with Crippen LogP contribution in [0.5, 0.6) is 5.75 Å². The van der Waals surface area contributed by atoms with Gasteiger partial charge in [0.2, 0.25) is 10.0 Å². The van der Waals surface area contributed by atoms with Crippen molar-refractivity contribution in [2.45, 2.75) is 44.2 Å². The maximum atomic E-state index is 12.9. The van der Waals surface area contributed by atoms with E-state index in [4.69, 9.17) is 4.74 Å². The van der Waals surface area contributed by atoms with Crippen molar-refractivity contribution in [1.82, 2.24) is 14.3 Å². The molecule has 1 aliphatic rings. The van der Waals surface area contributed by atoms with Crippen molar-refractivity contribution in [2.75, 3.05) is 0 Å². The topological polar surface area (TPSA) is 90.3 Å². The van der Waals surface area contributed by atoms with Gasteiger partial charge >= 0.3 is 0 Å². The van der Waals surface area contributed by atoms with Crippen molar-refractivity contribution in [1.29, 1.82) is 0 Å². The van der Waals surface area contributed by atoms with E-state index in [1.807, 2.05) is 65.4 Å². The number of ketones is 1. The third-order valence-corrected chi connectivity index (χ3v) is 7.86. The van der Waals surface area contributed by atoms with Gasteiger partial charge < -0.3 is 9.30 Å². The maximum absolute atomic E-state index is 12.9. The van der Waals surface area contributed by atoms with Gasteiger partial charge in [-0.15, -0.1) is 0 Å². The highest BCUT2D eigenvalue weighted by Gasteiger charge is 2.25. The molecule has 3 aromatic carbocycles. The molecule has 0 spiro atoms. The van der Waals surface area contributed by atoms with E-state index in [2.05, 4.69) is 9.71 Å². The van der Waals surface area contributed by atoms with E-state index in [0.29, 0.717) is 41.8 Å². The number of hydrogen-bond acceptors (Lipinski definition) is 5. The number of fused-ring (bicyclic) bond motifs is 1. The van der Waals surface area contributed by atoms with Crippen molar-refractivity contribution < 1.29 is 17.9 Å². The zero-order chi connectivity index (χ0) is 25.7. The summed E-state index contributed by atoms with van der Waals surface area (Å²) in [6.45, 7) is 0.576. The lowest BCUT2D eigenvalue weighted by molar-refractivity contribution is 0.0972. The maximum Gasteiger partial charge on any atom is 0.216 e. The van der Waals surface area contributed by atoms with Crippen molar-refractivity contribution >= 4 is 15.8 Å². The van der Waals surface area contributed by atoms with Crippen LogP contribution in [0.15, 0.2) is 91.5 Å². The number of Topliss-reactive ketones (excluding diaryl/α,β-unsaturated/α-hetero) is 1. The highest BCUT2D eigenvalue weighted by Crippen LogP contribution is 2.34. The molecule has 4 aromatic rings. The van der Waals surface area contributed by atoms with Gasteiger partial charge in [0.15, 0.2) is 5.78 Å². The van der Waals surface area contributed by atoms with Crippen molar-refractivity contribution in [2.24, 2.45) is 0 Å². The molecule has 0 saturated heterocycles. The molecule has 0 amide bonds. The Balaban J connectivity index is 1.46. The monoisotopic (exact) mass is 515 g/mol. The summed E-state index contributed by atoms with van der Waals surface area (Å²) in [5.74, 6) is 0.537. The minimum absolute atomic E-state index is 0.0491. The van der Waals surface area contributed by atoms with Crippen molar-refractivity contribution in [3.63, 3.8) is 0 Å². The van der Waals surface area contributed by atoms with Crippen molar-refractivity contribution in [3.05, 3.63) is 119 Å². The third kappa shape index (κ3) is 6.15. The first-order valence-corrected chi connectivity index (χ1v) is 14.0. The minimum atomic E-state index is -3.61. The number of carbonyl (C=O) groups excluding carboxylic acids is 1. The van der Waals surface area contributed by atoms with Crippen LogP contribution in [-0.4, -0.2) is 23.8 Å². The van der Waals surface area contributed by atoms with Gasteiger partial charge in [-0.1, -0.05) is 60.7 Å². The molecule has 0 radical (unpaired) electrons. The molecule has 37 heavy (non-hydrogen) atoms. The molecule has 1 atom stereocenters. The molecule has 7 nitrogen and oxygen atoms in total. The second kappa shape index (κ2) is 11.1. The predicted octanol–water partition coefficient (Wildman–Crippen LogP) is 4.84. The lowest BCUT2D eigenvalue weighted by Crippen LogP contribution is -2.27. The fourth-order valence-electron chi connectivity index (χ4n) is 4.73. The van der Waals surface area contributed by atoms with Gasteiger partial charge in [0, 0.05) is 36.5 Å².